The fourth-order valence-corrected chi connectivity index (χ4v) is 3.81. The summed E-state index contributed by atoms with van der Waals surface area (Å²) in [6, 6.07) is 10.7. The third-order valence-corrected chi connectivity index (χ3v) is 5.66. The molecule has 2 aromatic heterocycles. The number of aromatic hydroxyl groups is 1. The van der Waals surface area contributed by atoms with Crippen molar-refractivity contribution in [3.63, 3.8) is 0 Å². The van der Waals surface area contributed by atoms with Gasteiger partial charge in [-0.2, -0.15) is 15.0 Å². The Balaban J connectivity index is 1.38. The number of ether oxygens (including phenoxy) is 1. The summed E-state index contributed by atoms with van der Waals surface area (Å²) in [4.78, 5) is 19.0. The van der Waals surface area contributed by atoms with E-state index in [4.69, 9.17) is 10.00 Å². The molecule has 0 saturated carbocycles. The van der Waals surface area contributed by atoms with Gasteiger partial charge in [-0.3, -0.25) is 9.69 Å². The van der Waals surface area contributed by atoms with Gasteiger partial charge in [0, 0.05) is 25.8 Å². The summed E-state index contributed by atoms with van der Waals surface area (Å²) < 4.78 is 6.65. The van der Waals surface area contributed by atoms with Crippen LogP contribution in [0.4, 0.5) is 0 Å². The first kappa shape index (κ1) is 22.5. The van der Waals surface area contributed by atoms with E-state index in [1.165, 1.54) is 10.9 Å². The lowest BCUT2D eigenvalue weighted by atomic mass is 10.0. The first-order valence-corrected chi connectivity index (χ1v) is 10.9. The van der Waals surface area contributed by atoms with Gasteiger partial charge in [-0.05, 0) is 55.3 Å². The summed E-state index contributed by atoms with van der Waals surface area (Å²) in [7, 11) is 0. The quantitative estimate of drug-likeness (QED) is 0.535. The van der Waals surface area contributed by atoms with Crippen LogP contribution in [-0.4, -0.2) is 70.1 Å². The SMILES string of the molecule is Cc1cc(C#N)ccc1-c1cnn(-c2ccc(C(=O)NCCCN3CCOCC3)cn2)c1O. The van der Waals surface area contributed by atoms with Gasteiger partial charge in [-0.15, -0.1) is 0 Å². The monoisotopic (exact) mass is 446 g/mol. The van der Waals surface area contributed by atoms with E-state index in [2.05, 4.69) is 26.4 Å². The van der Waals surface area contributed by atoms with Gasteiger partial charge < -0.3 is 15.2 Å². The molecule has 0 atom stereocenters. The molecule has 33 heavy (non-hydrogen) atoms. The van der Waals surface area contributed by atoms with E-state index < -0.39 is 0 Å². The Morgan fingerprint density at radius 2 is 2.03 bits per heavy atom. The molecule has 1 saturated heterocycles. The fraction of sp³-hybridized carbons (Fsp3) is 0.333. The molecule has 3 aromatic rings. The number of nitrogens with one attached hydrogen (secondary N) is 1. The van der Waals surface area contributed by atoms with Crippen molar-refractivity contribution in [3.05, 3.63) is 59.4 Å². The van der Waals surface area contributed by atoms with E-state index in [1.807, 2.05) is 6.92 Å². The molecule has 9 heteroatoms. The molecule has 0 unspecified atom stereocenters. The first-order chi connectivity index (χ1) is 16.1. The average molecular weight is 447 g/mol. The lowest BCUT2D eigenvalue weighted by Crippen LogP contribution is -2.38. The zero-order chi connectivity index (χ0) is 23.2. The van der Waals surface area contributed by atoms with Crippen LogP contribution in [0.25, 0.3) is 16.9 Å². The largest absolute Gasteiger partial charge is 0.493 e. The molecule has 0 bridgehead atoms. The highest BCUT2D eigenvalue weighted by Crippen LogP contribution is 2.33. The van der Waals surface area contributed by atoms with Crippen LogP contribution in [0.2, 0.25) is 0 Å². The molecule has 1 aliphatic rings. The Hall–Kier alpha value is -3.74. The van der Waals surface area contributed by atoms with E-state index in [1.54, 1.807) is 36.5 Å². The molecular formula is C24H26N6O3. The molecule has 1 aliphatic heterocycles. The molecule has 1 aromatic carbocycles. The summed E-state index contributed by atoms with van der Waals surface area (Å²) in [5.74, 6) is 0.152. The van der Waals surface area contributed by atoms with Crippen molar-refractivity contribution in [2.24, 2.45) is 0 Å². The van der Waals surface area contributed by atoms with Gasteiger partial charge in [0.15, 0.2) is 5.82 Å². The van der Waals surface area contributed by atoms with E-state index in [-0.39, 0.29) is 11.8 Å². The number of carbonyl (C=O) groups is 1. The van der Waals surface area contributed by atoms with Gasteiger partial charge in [-0.25, -0.2) is 4.98 Å². The summed E-state index contributed by atoms with van der Waals surface area (Å²) in [6.45, 7) is 6.80. The first-order valence-electron chi connectivity index (χ1n) is 10.9. The van der Waals surface area contributed by atoms with Crippen LogP contribution >= 0.6 is 0 Å². The summed E-state index contributed by atoms with van der Waals surface area (Å²) in [6.07, 6.45) is 3.90. The number of nitrogens with zero attached hydrogens (tertiary/aromatic N) is 5. The normalized spacial score (nSPS) is 14.1. The molecule has 0 radical (unpaired) electrons. The summed E-state index contributed by atoms with van der Waals surface area (Å²) in [5, 5.41) is 26.9. The van der Waals surface area contributed by atoms with Gasteiger partial charge in [0.05, 0.1) is 42.2 Å². The molecule has 2 N–H and O–H groups in total. The average Bonchev–Trinajstić information content (AvgIpc) is 3.23. The van der Waals surface area contributed by atoms with Crippen LogP contribution in [0.3, 0.4) is 0 Å². The molecule has 4 rings (SSSR count). The number of aromatic nitrogens is 3. The predicted octanol–water partition coefficient (Wildman–Crippen LogP) is 2.27. The second kappa shape index (κ2) is 10.3. The maximum absolute atomic E-state index is 12.4. The van der Waals surface area contributed by atoms with Gasteiger partial charge in [0.2, 0.25) is 5.88 Å². The van der Waals surface area contributed by atoms with Crippen LogP contribution in [-0.2, 0) is 4.74 Å². The number of rotatable bonds is 7. The third-order valence-electron chi connectivity index (χ3n) is 5.66. The number of pyridine rings is 1. The van der Waals surface area contributed by atoms with Gasteiger partial charge in [0.25, 0.3) is 5.91 Å². The molecule has 0 aliphatic carbocycles. The van der Waals surface area contributed by atoms with Crippen LogP contribution in [0.15, 0.2) is 42.7 Å². The topological polar surface area (TPSA) is 116 Å². The minimum Gasteiger partial charge on any atom is -0.493 e. The summed E-state index contributed by atoms with van der Waals surface area (Å²) in [5.41, 5.74) is 3.18. The van der Waals surface area contributed by atoms with Crippen molar-refractivity contribution in [3.8, 4) is 28.9 Å². The Bertz CT molecular complexity index is 1160. The van der Waals surface area contributed by atoms with E-state index in [0.717, 1.165) is 50.4 Å². The number of hydrogen-bond donors (Lipinski definition) is 2. The Labute approximate surface area is 192 Å². The minimum atomic E-state index is -0.186. The van der Waals surface area contributed by atoms with Gasteiger partial charge in [-0.1, -0.05) is 6.07 Å². The van der Waals surface area contributed by atoms with E-state index in [0.29, 0.717) is 29.1 Å². The second-order valence-corrected chi connectivity index (χ2v) is 7.90. The predicted molar refractivity (Wildman–Crippen MR) is 122 cm³/mol. The zero-order valence-electron chi connectivity index (χ0n) is 18.5. The smallest absolute Gasteiger partial charge is 0.252 e. The Morgan fingerprint density at radius 3 is 2.73 bits per heavy atom. The van der Waals surface area contributed by atoms with Gasteiger partial charge in [0.1, 0.15) is 0 Å². The highest BCUT2D eigenvalue weighted by molar-refractivity contribution is 5.93. The number of hydrogen-bond acceptors (Lipinski definition) is 7. The van der Waals surface area contributed by atoms with Crippen molar-refractivity contribution >= 4 is 5.91 Å². The second-order valence-electron chi connectivity index (χ2n) is 7.90. The summed E-state index contributed by atoms with van der Waals surface area (Å²) >= 11 is 0. The lowest BCUT2D eigenvalue weighted by molar-refractivity contribution is 0.0374. The Kier molecular flexibility index (Phi) is 6.98. The van der Waals surface area contributed by atoms with Crippen LogP contribution in [0.5, 0.6) is 5.88 Å². The van der Waals surface area contributed by atoms with Crippen LogP contribution in [0.1, 0.15) is 27.9 Å². The molecule has 170 valence electrons. The van der Waals surface area contributed by atoms with Crippen molar-refractivity contribution in [2.75, 3.05) is 39.4 Å². The van der Waals surface area contributed by atoms with Crippen LogP contribution in [0, 0.1) is 18.3 Å². The number of benzene rings is 1. The standard InChI is InChI=1S/C24H26N6O3/c1-17-13-18(14-25)3-5-20(17)21-16-28-30(24(21)32)22-6-4-19(15-27-22)23(31)26-7-2-8-29-9-11-33-12-10-29/h3-6,13,15-16,32H,2,7-12H2,1H3,(H,26,31). The molecular weight excluding hydrogens is 420 g/mol. The van der Waals surface area contributed by atoms with Crippen molar-refractivity contribution in [1.29, 1.82) is 5.26 Å². The highest BCUT2D eigenvalue weighted by Gasteiger charge is 2.16. The number of carbonyl (C=O) groups excluding carboxylic acids is 1. The molecule has 3 heterocycles. The third kappa shape index (κ3) is 5.19. The molecule has 0 spiro atoms. The molecule has 1 fully saturated rings. The Morgan fingerprint density at radius 1 is 1.21 bits per heavy atom. The maximum Gasteiger partial charge on any atom is 0.252 e. The number of aryl methyl sites for hydroxylation is 1. The highest BCUT2D eigenvalue weighted by atomic mass is 16.5. The maximum atomic E-state index is 12.4. The number of morpholine rings is 1. The van der Waals surface area contributed by atoms with Crippen molar-refractivity contribution < 1.29 is 14.6 Å². The van der Waals surface area contributed by atoms with Crippen LogP contribution < -0.4 is 5.32 Å². The molecule has 1 amide bonds. The van der Waals surface area contributed by atoms with Crippen molar-refractivity contribution in [2.45, 2.75) is 13.3 Å². The molecule has 9 nitrogen and oxygen atoms in total. The van der Waals surface area contributed by atoms with E-state index >= 15 is 0 Å². The minimum absolute atomic E-state index is 0.0596. The number of nitriles is 1. The fourth-order valence-electron chi connectivity index (χ4n) is 3.81. The zero-order valence-corrected chi connectivity index (χ0v) is 18.5. The van der Waals surface area contributed by atoms with Crippen molar-refractivity contribution in [1.82, 2.24) is 25.0 Å². The number of amides is 1. The lowest BCUT2D eigenvalue weighted by Gasteiger charge is -2.26. The van der Waals surface area contributed by atoms with Gasteiger partial charge >= 0.3 is 0 Å². The van der Waals surface area contributed by atoms with E-state index in [9.17, 15) is 9.90 Å².